The van der Waals surface area contributed by atoms with Gasteiger partial charge < -0.3 is 14.8 Å². The molecular weight excluding hydrogens is 399 g/mol. The van der Waals surface area contributed by atoms with Crippen molar-refractivity contribution in [2.24, 2.45) is 0 Å². The predicted octanol–water partition coefficient (Wildman–Crippen LogP) is 2.57. The third-order valence-electron chi connectivity index (χ3n) is 4.14. The van der Waals surface area contributed by atoms with Crippen molar-refractivity contribution in [1.29, 1.82) is 0 Å². The summed E-state index contributed by atoms with van der Waals surface area (Å²) in [4.78, 5) is 12.7. The summed E-state index contributed by atoms with van der Waals surface area (Å²) < 4.78 is 49.7. The van der Waals surface area contributed by atoms with Gasteiger partial charge in [-0.05, 0) is 42.8 Å². The quantitative estimate of drug-likeness (QED) is 0.593. The second-order valence-corrected chi connectivity index (χ2v) is 8.11. The molecule has 0 heterocycles. The van der Waals surface area contributed by atoms with E-state index < -0.39 is 27.8 Å². The Hall–Kier alpha value is -2.81. The largest absolute Gasteiger partial charge is 0.493 e. The number of anilines is 1. The Morgan fingerprint density at radius 1 is 1.14 bits per heavy atom. The van der Waals surface area contributed by atoms with Crippen LogP contribution in [0.5, 0.6) is 11.5 Å². The van der Waals surface area contributed by atoms with Crippen molar-refractivity contribution < 1.29 is 27.1 Å². The number of para-hydroxylation sites is 2. The molecule has 0 aliphatic rings. The first kappa shape index (κ1) is 22.5. The minimum atomic E-state index is -3.77. The van der Waals surface area contributed by atoms with Crippen LogP contribution in [0.1, 0.15) is 13.3 Å². The van der Waals surface area contributed by atoms with E-state index in [0.717, 1.165) is 22.7 Å². The van der Waals surface area contributed by atoms with Crippen molar-refractivity contribution in [3.8, 4) is 11.5 Å². The maximum Gasteiger partial charge on any atom is 0.244 e. The number of carbonyl (C=O) groups excluding carboxylic acids is 1. The van der Waals surface area contributed by atoms with E-state index in [-0.39, 0.29) is 25.3 Å². The van der Waals surface area contributed by atoms with Crippen molar-refractivity contribution in [3.63, 3.8) is 0 Å². The maximum atomic E-state index is 13.2. The van der Waals surface area contributed by atoms with Crippen molar-refractivity contribution in [3.05, 3.63) is 54.3 Å². The zero-order valence-electron chi connectivity index (χ0n) is 16.6. The van der Waals surface area contributed by atoms with Crippen molar-refractivity contribution in [2.45, 2.75) is 19.4 Å². The number of sulfonamides is 1. The second-order valence-electron chi connectivity index (χ2n) is 6.25. The van der Waals surface area contributed by atoms with Gasteiger partial charge in [0.1, 0.15) is 18.5 Å². The summed E-state index contributed by atoms with van der Waals surface area (Å²) in [6, 6.07) is 11.1. The number of nitrogens with one attached hydrogen (secondary N) is 1. The van der Waals surface area contributed by atoms with Crippen LogP contribution >= 0.6 is 0 Å². The Kier molecular flexibility index (Phi) is 7.83. The smallest absolute Gasteiger partial charge is 0.244 e. The lowest BCUT2D eigenvalue weighted by Gasteiger charge is -2.30. The maximum absolute atomic E-state index is 13.2. The molecule has 2 rings (SSSR count). The molecule has 0 saturated heterocycles. The molecule has 2 aromatic carbocycles. The first-order chi connectivity index (χ1) is 13.8. The molecule has 0 aromatic heterocycles. The molecule has 0 aliphatic carbocycles. The number of methoxy groups -OCH3 is 1. The summed E-state index contributed by atoms with van der Waals surface area (Å²) in [6.07, 6.45) is 1.25. The summed E-state index contributed by atoms with van der Waals surface area (Å²) in [5.41, 5.74) is 0.223. The first-order valence-corrected chi connectivity index (χ1v) is 10.9. The number of hydrogen-bond acceptors (Lipinski definition) is 5. The van der Waals surface area contributed by atoms with Gasteiger partial charge in [0, 0.05) is 0 Å². The Bertz CT molecular complexity index is 919. The fraction of sp³-hybridized carbons (Fsp3) is 0.350. The van der Waals surface area contributed by atoms with Gasteiger partial charge in [0.2, 0.25) is 15.9 Å². The van der Waals surface area contributed by atoms with Crippen LogP contribution in [-0.2, 0) is 14.8 Å². The van der Waals surface area contributed by atoms with E-state index in [1.165, 1.54) is 19.2 Å². The second kappa shape index (κ2) is 10.1. The van der Waals surface area contributed by atoms with Crippen LogP contribution in [0, 0.1) is 5.82 Å². The van der Waals surface area contributed by atoms with E-state index in [0.29, 0.717) is 11.5 Å². The molecule has 7 nitrogen and oxygen atoms in total. The number of halogens is 1. The Morgan fingerprint density at radius 2 is 1.76 bits per heavy atom. The summed E-state index contributed by atoms with van der Waals surface area (Å²) >= 11 is 0. The number of carbonyl (C=O) groups is 1. The highest BCUT2D eigenvalue weighted by molar-refractivity contribution is 7.92. The van der Waals surface area contributed by atoms with Gasteiger partial charge in [0.25, 0.3) is 0 Å². The molecule has 0 saturated carbocycles. The summed E-state index contributed by atoms with van der Waals surface area (Å²) in [7, 11) is -2.23. The average Bonchev–Trinajstić information content (AvgIpc) is 2.69. The fourth-order valence-electron chi connectivity index (χ4n) is 2.84. The number of rotatable bonds is 10. The number of ether oxygens (including phenoxy) is 2. The van der Waals surface area contributed by atoms with Crippen molar-refractivity contribution in [2.75, 3.05) is 30.8 Å². The van der Waals surface area contributed by atoms with Gasteiger partial charge in [-0.2, -0.15) is 0 Å². The molecule has 0 spiro atoms. The lowest BCUT2D eigenvalue weighted by molar-refractivity contribution is -0.122. The topological polar surface area (TPSA) is 84.9 Å². The van der Waals surface area contributed by atoms with Crippen LogP contribution in [0.4, 0.5) is 10.1 Å². The van der Waals surface area contributed by atoms with Gasteiger partial charge in [-0.1, -0.05) is 19.1 Å². The molecule has 9 heteroatoms. The number of benzene rings is 2. The normalized spacial score (nSPS) is 12.1. The molecule has 0 radical (unpaired) electrons. The highest BCUT2D eigenvalue weighted by Crippen LogP contribution is 2.25. The van der Waals surface area contributed by atoms with Crippen LogP contribution in [0.15, 0.2) is 48.5 Å². The van der Waals surface area contributed by atoms with Gasteiger partial charge in [-0.15, -0.1) is 0 Å². The van der Waals surface area contributed by atoms with E-state index in [1.54, 1.807) is 25.1 Å². The van der Waals surface area contributed by atoms with Crippen LogP contribution in [0.2, 0.25) is 0 Å². The highest BCUT2D eigenvalue weighted by atomic mass is 32.2. The van der Waals surface area contributed by atoms with Gasteiger partial charge in [0.05, 0.1) is 25.6 Å². The van der Waals surface area contributed by atoms with Crippen molar-refractivity contribution in [1.82, 2.24) is 5.32 Å². The third-order valence-corrected chi connectivity index (χ3v) is 5.32. The minimum Gasteiger partial charge on any atom is -0.493 e. The van der Waals surface area contributed by atoms with Crippen LogP contribution in [0.25, 0.3) is 0 Å². The van der Waals surface area contributed by atoms with E-state index in [2.05, 4.69) is 5.32 Å². The molecule has 1 N–H and O–H groups in total. The molecule has 29 heavy (non-hydrogen) atoms. The lowest BCUT2D eigenvalue weighted by Crippen LogP contribution is -2.50. The summed E-state index contributed by atoms with van der Waals surface area (Å²) in [5, 5.41) is 2.69. The van der Waals surface area contributed by atoms with Crippen molar-refractivity contribution >= 4 is 21.6 Å². The van der Waals surface area contributed by atoms with E-state index in [9.17, 15) is 17.6 Å². The molecule has 158 valence electrons. The third kappa shape index (κ3) is 6.08. The van der Waals surface area contributed by atoms with Crippen LogP contribution in [-0.4, -0.2) is 46.9 Å². The highest BCUT2D eigenvalue weighted by Gasteiger charge is 2.31. The van der Waals surface area contributed by atoms with Gasteiger partial charge in [0.15, 0.2) is 11.5 Å². The molecule has 2 aromatic rings. The lowest BCUT2D eigenvalue weighted by atomic mass is 10.2. The average molecular weight is 424 g/mol. The fourth-order valence-corrected chi connectivity index (χ4v) is 4.05. The monoisotopic (exact) mass is 424 g/mol. The molecular formula is C20H25FN2O5S. The molecule has 0 fully saturated rings. The van der Waals surface area contributed by atoms with E-state index >= 15 is 0 Å². The van der Waals surface area contributed by atoms with Gasteiger partial charge in [-0.3, -0.25) is 9.10 Å². The van der Waals surface area contributed by atoms with Crippen LogP contribution in [0.3, 0.4) is 0 Å². The Balaban J connectivity index is 2.04. The van der Waals surface area contributed by atoms with Gasteiger partial charge >= 0.3 is 0 Å². The molecule has 1 atom stereocenters. The van der Waals surface area contributed by atoms with E-state index in [4.69, 9.17) is 9.47 Å². The summed E-state index contributed by atoms with van der Waals surface area (Å²) in [5.74, 6) is 0.157. The molecule has 0 aliphatic heterocycles. The zero-order chi connectivity index (χ0) is 21.4. The Morgan fingerprint density at radius 3 is 2.31 bits per heavy atom. The van der Waals surface area contributed by atoms with Gasteiger partial charge in [-0.25, -0.2) is 12.8 Å². The van der Waals surface area contributed by atoms with Crippen LogP contribution < -0.4 is 19.1 Å². The minimum absolute atomic E-state index is 0.175. The molecule has 0 unspecified atom stereocenters. The predicted molar refractivity (Wildman–Crippen MR) is 109 cm³/mol. The Labute approximate surface area is 170 Å². The number of nitrogens with zero attached hydrogens (tertiary/aromatic N) is 1. The standard InChI is InChI=1S/C20H25FN2O5S/c1-4-17(23(29(3,25)26)16-11-9-15(21)10-12-16)20(24)22-13-14-28-19-8-6-5-7-18(19)27-2/h5-12,17H,4,13-14H2,1-3H3,(H,22,24)/t17-/m0/s1. The first-order valence-electron chi connectivity index (χ1n) is 9.06. The SMILES string of the molecule is CC[C@@H](C(=O)NCCOc1ccccc1OC)N(c1ccc(F)cc1)S(C)(=O)=O. The number of amides is 1. The number of hydrogen-bond donors (Lipinski definition) is 1. The zero-order valence-corrected chi connectivity index (χ0v) is 17.4. The molecule has 0 bridgehead atoms. The van der Waals surface area contributed by atoms with E-state index in [1.807, 2.05) is 6.07 Å². The molecule has 1 amide bonds. The summed E-state index contributed by atoms with van der Waals surface area (Å²) in [6.45, 7) is 2.06.